The van der Waals surface area contributed by atoms with Gasteiger partial charge in [-0.2, -0.15) is 0 Å². The fourth-order valence-electron chi connectivity index (χ4n) is 9.15. The van der Waals surface area contributed by atoms with E-state index in [1.807, 2.05) is 0 Å². The molecule has 83 heavy (non-hydrogen) atoms. The molecular formula is C54H84N16O13. The molecule has 8 heterocycles. The lowest BCUT2D eigenvalue weighted by atomic mass is 10.2. The maximum absolute atomic E-state index is 12.4. The highest BCUT2D eigenvalue weighted by molar-refractivity contribution is 5.75. The van der Waals surface area contributed by atoms with Gasteiger partial charge >= 0.3 is 22.8 Å². The number of aliphatic hydroxyl groups excluding tert-OH is 4. The van der Waals surface area contributed by atoms with Crippen molar-refractivity contribution < 1.29 is 25.2 Å². The van der Waals surface area contributed by atoms with Crippen molar-refractivity contribution in [1.29, 1.82) is 0 Å². The number of ketones is 1. The molecule has 0 fully saturated rings. The van der Waals surface area contributed by atoms with Gasteiger partial charge in [-0.25, -0.2) is 39.1 Å². The number of unbranched alkanes of at least 4 members (excludes halogenated alkanes) is 4. The molecule has 0 aliphatic carbocycles. The maximum Gasteiger partial charge on any atom is 0.332 e. The molecule has 0 aliphatic rings. The van der Waals surface area contributed by atoms with Crippen LogP contribution in [0.1, 0.15) is 112 Å². The number of aryl methyl sites for hydroxylation is 8. The summed E-state index contributed by atoms with van der Waals surface area (Å²) >= 11 is 0. The van der Waals surface area contributed by atoms with Gasteiger partial charge in [0.25, 0.3) is 22.2 Å². The van der Waals surface area contributed by atoms with E-state index in [2.05, 4.69) is 19.9 Å². The summed E-state index contributed by atoms with van der Waals surface area (Å²) in [5, 5.41) is 35.2. The van der Waals surface area contributed by atoms with Gasteiger partial charge < -0.3 is 43.5 Å². The average Bonchev–Trinajstić information content (AvgIpc) is 4.47. The number of aliphatic hydroxyl groups is 4. The van der Waals surface area contributed by atoms with Gasteiger partial charge in [0.05, 0.1) is 43.6 Å². The van der Waals surface area contributed by atoms with E-state index in [0.29, 0.717) is 129 Å². The van der Waals surface area contributed by atoms with Crippen LogP contribution < -0.4 is 45.0 Å². The molecule has 0 saturated heterocycles. The molecule has 0 bridgehead atoms. The second-order valence-electron chi connectivity index (χ2n) is 20.8. The Bertz CT molecular complexity index is 3680. The Morgan fingerprint density at radius 2 is 0.614 bits per heavy atom. The summed E-state index contributed by atoms with van der Waals surface area (Å²) in [4.78, 5) is 125. The molecule has 4 N–H and O–H groups in total. The number of carbonyl (C=O) groups excluding carboxylic acids is 1. The first-order valence-electron chi connectivity index (χ1n) is 27.7. The number of nitrogens with zero attached hydrogens (tertiary/aromatic N) is 16. The molecule has 8 aromatic heterocycles. The van der Waals surface area contributed by atoms with E-state index >= 15 is 0 Å². The third kappa shape index (κ3) is 16.7. The minimum absolute atomic E-state index is 0.118. The number of imidazole rings is 4. The van der Waals surface area contributed by atoms with Crippen LogP contribution in [0.25, 0.3) is 44.7 Å². The van der Waals surface area contributed by atoms with E-state index in [-0.39, 0.29) is 75.7 Å². The zero-order valence-electron chi connectivity index (χ0n) is 50.2. The van der Waals surface area contributed by atoms with Crippen LogP contribution in [0.4, 0.5) is 0 Å². The summed E-state index contributed by atoms with van der Waals surface area (Å²) < 4.78 is 17.0. The summed E-state index contributed by atoms with van der Waals surface area (Å²) in [7, 11) is 13.4. The number of hydrogen-bond donors (Lipinski definition) is 4. The molecule has 0 amide bonds. The smallest absolute Gasteiger partial charge is 0.332 e. The molecule has 0 radical (unpaired) electrons. The van der Waals surface area contributed by atoms with Crippen LogP contribution in [0.3, 0.4) is 0 Å². The molecule has 458 valence electrons. The van der Waals surface area contributed by atoms with Crippen molar-refractivity contribution in [3.63, 3.8) is 0 Å². The predicted octanol–water partition coefficient (Wildman–Crippen LogP) is 0.146. The van der Waals surface area contributed by atoms with Gasteiger partial charge in [-0.3, -0.25) is 55.7 Å². The molecule has 29 nitrogen and oxygen atoms in total. The summed E-state index contributed by atoms with van der Waals surface area (Å²) in [5.41, 5.74) is 0.660. The van der Waals surface area contributed by atoms with E-state index < -0.39 is 0 Å². The Morgan fingerprint density at radius 3 is 0.807 bits per heavy atom. The summed E-state index contributed by atoms with van der Waals surface area (Å²) in [6.45, 7) is 10.1. The first kappa shape index (κ1) is 67.6. The summed E-state index contributed by atoms with van der Waals surface area (Å²) in [6.07, 6.45) is 13.2. The molecular weight excluding hydrogens is 1080 g/mol. The lowest BCUT2D eigenvalue weighted by Crippen LogP contribution is -2.39. The molecule has 0 aliphatic heterocycles. The van der Waals surface area contributed by atoms with Gasteiger partial charge in [-0.05, 0) is 105 Å². The lowest BCUT2D eigenvalue weighted by molar-refractivity contribution is -0.117. The topological polar surface area (TPSA) is 345 Å². The Balaban J connectivity index is 0.000000234. The van der Waals surface area contributed by atoms with Gasteiger partial charge in [0.15, 0.2) is 44.7 Å². The van der Waals surface area contributed by atoms with Crippen LogP contribution in [-0.2, 0) is 87.4 Å². The van der Waals surface area contributed by atoms with Crippen LogP contribution in [0.15, 0.2) is 63.7 Å². The van der Waals surface area contributed by atoms with Gasteiger partial charge in [-0.1, -0.05) is 0 Å². The highest BCUT2D eigenvalue weighted by Crippen LogP contribution is 2.09. The second kappa shape index (κ2) is 31.0. The third-order valence-electron chi connectivity index (χ3n) is 13.7. The molecule has 8 rings (SSSR count). The van der Waals surface area contributed by atoms with Crippen molar-refractivity contribution in [2.75, 3.05) is 6.61 Å². The predicted molar refractivity (Wildman–Crippen MR) is 315 cm³/mol. The van der Waals surface area contributed by atoms with Gasteiger partial charge in [0.1, 0.15) is 5.78 Å². The van der Waals surface area contributed by atoms with E-state index in [1.54, 1.807) is 102 Å². The van der Waals surface area contributed by atoms with Crippen LogP contribution in [0, 0.1) is 0 Å². The van der Waals surface area contributed by atoms with Crippen molar-refractivity contribution in [2.45, 2.75) is 156 Å². The van der Waals surface area contributed by atoms with Gasteiger partial charge in [-0.15, -0.1) is 0 Å². The lowest BCUT2D eigenvalue weighted by Gasteiger charge is -2.09. The quantitative estimate of drug-likeness (QED) is 0.0738. The standard InChI is InChI=1S/3C13H20N4O3.C13H18N4O3.C2H6O/c4*1-9(18)6-4-5-7-17-12(19)10-11(14-8-15(10)2)16(3)13(17)20;1-2-3/h3*8-9,18H,4-7H2,1-3H3;8H,4-7H2,1-3H3;3H,2H2,1H3/t2*9-;;;/m10.../s1. The van der Waals surface area contributed by atoms with Crippen molar-refractivity contribution in [1.82, 2.24) is 74.7 Å². The number of aromatic nitrogens is 16. The van der Waals surface area contributed by atoms with Crippen LogP contribution in [0.2, 0.25) is 0 Å². The second-order valence-corrected chi connectivity index (χ2v) is 20.8. The van der Waals surface area contributed by atoms with E-state index in [0.717, 1.165) is 19.3 Å². The summed E-state index contributed by atoms with van der Waals surface area (Å²) in [6, 6.07) is 0. The molecule has 0 aromatic carbocycles. The third-order valence-corrected chi connectivity index (χ3v) is 13.7. The molecule has 0 saturated carbocycles. The van der Waals surface area contributed by atoms with E-state index in [9.17, 15) is 58.5 Å². The molecule has 8 aromatic rings. The fourth-order valence-corrected chi connectivity index (χ4v) is 9.15. The summed E-state index contributed by atoms with van der Waals surface area (Å²) in [5.74, 6) is 0.118. The Morgan fingerprint density at radius 1 is 0.410 bits per heavy atom. The highest BCUT2D eigenvalue weighted by Gasteiger charge is 2.18. The number of carbonyl (C=O) groups is 1. The number of Topliss-reactive ketones (excluding diaryl/α,β-unsaturated/α-hetero) is 1. The SMILES string of the molecule is CC(=O)CCCCn1c(=O)c2c(ncn2C)n(C)c1=O.CC(O)CCCCn1c(=O)c2c(ncn2C)n(C)c1=O.CCO.C[C@@H](O)CCCCn1c(=O)c2c(ncn2C)n(C)c1=O.C[C@H](O)CCCCn1c(=O)c2c(ncn2C)n(C)c1=O. The first-order chi connectivity index (χ1) is 39.1. The monoisotopic (exact) mass is 1160 g/mol. The number of hydrogen-bond acceptors (Lipinski definition) is 17. The zero-order valence-corrected chi connectivity index (χ0v) is 50.2. The van der Waals surface area contributed by atoms with Crippen LogP contribution in [0.5, 0.6) is 0 Å². The van der Waals surface area contributed by atoms with E-state index in [1.165, 1.54) is 68.8 Å². The zero-order chi connectivity index (χ0) is 62.2. The van der Waals surface area contributed by atoms with Crippen LogP contribution >= 0.6 is 0 Å². The van der Waals surface area contributed by atoms with E-state index in [4.69, 9.17) is 5.11 Å². The Labute approximate surface area is 476 Å². The van der Waals surface area contributed by atoms with Crippen molar-refractivity contribution in [2.24, 2.45) is 56.4 Å². The highest BCUT2D eigenvalue weighted by atomic mass is 16.3. The Kier molecular flexibility index (Phi) is 25.2. The minimum Gasteiger partial charge on any atom is -0.397 e. The fraction of sp³-hybridized carbons (Fsp3) is 0.611. The first-order valence-corrected chi connectivity index (χ1v) is 27.7. The minimum atomic E-state index is -0.371. The normalized spacial score (nSPS) is 12.3. The number of rotatable bonds is 20. The maximum atomic E-state index is 12.4. The van der Waals surface area contributed by atoms with Crippen molar-refractivity contribution >= 4 is 50.4 Å². The van der Waals surface area contributed by atoms with Gasteiger partial charge in [0, 0.05) is 95.6 Å². The van der Waals surface area contributed by atoms with Crippen molar-refractivity contribution in [3.8, 4) is 0 Å². The van der Waals surface area contributed by atoms with Crippen molar-refractivity contribution in [3.05, 3.63) is 109 Å². The number of fused-ring (bicyclic) bond motifs is 4. The Hall–Kier alpha value is -7.89. The molecule has 29 heteroatoms. The molecule has 0 spiro atoms. The average molecular weight is 1170 g/mol. The largest absolute Gasteiger partial charge is 0.397 e. The molecule has 1 unspecified atom stereocenters. The van der Waals surface area contributed by atoms with Crippen LogP contribution in [-0.4, -0.2) is 126 Å². The molecule has 3 atom stereocenters. The van der Waals surface area contributed by atoms with Gasteiger partial charge in [0.2, 0.25) is 0 Å².